The fraction of sp³-hybridized carbons (Fsp3) is 0.400. The molecule has 0 radical (unpaired) electrons. The Morgan fingerprint density at radius 1 is 0.488 bits per heavy atom. The Bertz CT molecular complexity index is 1360. The van der Waals surface area contributed by atoms with Crippen molar-refractivity contribution in [2.75, 3.05) is 65.7 Å². The summed E-state index contributed by atoms with van der Waals surface area (Å²) in [4.78, 5) is 9.66. The molecule has 0 unspecified atom stereocenters. The standard InChI is InChI=1S/C30H36N2O6S3/c1-33-25-15-23-21(27(35-3)29(25)37-5)9-7-19(31-23)17-40-13-11-39-12-14-41-18-20-8-10-22-24(32-20)16-26(34-2)30(38-6)28(22)36-4/h7-10,15-16H,11-14,17-18H2,1-6H3. The predicted molar refractivity (Wildman–Crippen MR) is 172 cm³/mol. The molecule has 0 N–H and O–H groups in total. The third-order valence-corrected chi connectivity index (χ3v) is 9.84. The zero-order chi connectivity index (χ0) is 29.2. The highest BCUT2D eigenvalue weighted by molar-refractivity contribution is 8.04. The van der Waals surface area contributed by atoms with Crippen LogP contribution >= 0.6 is 35.3 Å². The van der Waals surface area contributed by atoms with E-state index < -0.39 is 0 Å². The fourth-order valence-corrected chi connectivity index (χ4v) is 7.55. The van der Waals surface area contributed by atoms with Gasteiger partial charge in [-0.2, -0.15) is 35.3 Å². The number of pyridine rings is 2. The number of ether oxygens (including phenoxy) is 6. The van der Waals surface area contributed by atoms with E-state index in [4.69, 9.17) is 38.4 Å². The largest absolute Gasteiger partial charge is 0.493 e. The molecule has 0 atom stereocenters. The van der Waals surface area contributed by atoms with Crippen LogP contribution in [0.25, 0.3) is 21.8 Å². The summed E-state index contributed by atoms with van der Waals surface area (Å²) >= 11 is 5.77. The molecule has 220 valence electrons. The Morgan fingerprint density at radius 3 is 1.24 bits per heavy atom. The Labute approximate surface area is 254 Å². The van der Waals surface area contributed by atoms with Crippen LogP contribution < -0.4 is 28.4 Å². The summed E-state index contributed by atoms with van der Waals surface area (Å²) in [7, 11) is 9.71. The van der Waals surface area contributed by atoms with Gasteiger partial charge in [0.05, 0.1) is 65.1 Å². The van der Waals surface area contributed by atoms with Crippen LogP contribution in [-0.2, 0) is 11.5 Å². The van der Waals surface area contributed by atoms with Crippen molar-refractivity contribution in [3.8, 4) is 34.5 Å². The van der Waals surface area contributed by atoms with E-state index >= 15 is 0 Å². The minimum absolute atomic E-state index is 0.581. The monoisotopic (exact) mass is 616 g/mol. The molecule has 0 aliphatic rings. The lowest BCUT2D eigenvalue weighted by molar-refractivity contribution is 0.327. The van der Waals surface area contributed by atoms with Crippen LogP contribution in [0.4, 0.5) is 0 Å². The first kappa shape index (κ1) is 31.1. The van der Waals surface area contributed by atoms with E-state index in [1.54, 1.807) is 42.7 Å². The molecule has 8 nitrogen and oxygen atoms in total. The molecule has 0 fully saturated rings. The normalized spacial score (nSPS) is 11.1. The maximum Gasteiger partial charge on any atom is 0.204 e. The lowest BCUT2D eigenvalue weighted by atomic mass is 10.1. The van der Waals surface area contributed by atoms with Gasteiger partial charge in [0.1, 0.15) is 0 Å². The molecule has 0 bridgehead atoms. The van der Waals surface area contributed by atoms with Crippen LogP contribution in [0.5, 0.6) is 34.5 Å². The quantitative estimate of drug-likeness (QED) is 0.126. The van der Waals surface area contributed by atoms with Crippen molar-refractivity contribution in [1.29, 1.82) is 0 Å². The van der Waals surface area contributed by atoms with Crippen molar-refractivity contribution in [1.82, 2.24) is 9.97 Å². The highest BCUT2D eigenvalue weighted by Gasteiger charge is 2.18. The number of aromatic nitrogens is 2. The molecule has 4 rings (SSSR count). The molecular weight excluding hydrogens is 581 g/mol. The smallest absolute Gasteiger partial charge is 0.204 e. The molecule has 11 heteroatoms. The highest BCUT2D eigenvalue weighted by atomic mass is 32.2. The van der Waals surface area contributed by atoms with Gasteiger partial charge in [-0.3, -0.25) is 9.97 Å². The zero-order valence-electron chi connectivity index (χ0n) is 24.3. The van der Waals surface area contributed by atoms with Crippen LogP contribution in [0.1, 0.15) is 11.4 Å². The number of methoxy groups -OCH3 is 6. The molecule has 41 heavy (non-hydrogen) atoms. The fourth-order valence-electron chi connectivity index (χ4n) is 4.43. The number of nitrogens with zero attached hydrogens (tertiary/aromatic N) is 2. The molecule has 4 aromatic rings. The topological polar surface area (TPSA) is 81.2 Å². The predicted octanol–water partition coefficient (Wildman–Crippen LogP) is 6.73. The van der Waals surface area contributed by atoms with Crippen LogP contribution in [0.15, 0.2) is 36.4 Å². The van der Waals surface area contributed by atoms with Crippen LogP contribution in [0, 0.1) is 0 Å². The summed E-state index contributed by atoms with van der Waals surface area (Å²) in [5.41, 5.74) is 3.74. The van der Waals surface area contributed by atoms with Gasteiger partial charge >= 0.3 is 0 Å². The molecule has 0 amide bonds. The second-order valence-electron chi connectivity index (χ2n) is 8.75. The lowest BCUT2D eigenvalue weighted by Gasteiger charge is -2.15. The number of benzene rings is 2. The minimum atomic E-state index is 0.581. The molecule has 2 heterocycles. The van der Waals surface area contributed by atoms with Gasteiger partial charge in [-0.1, -0.05) is 0 Å². The lowest BCUT2D eigenvalue weighted by Crippen LogP contribution is -1.98. The van der Waals surface area contributed by atoms with Crippen LogP contribution in [-0.4, -0.2) is 75.6 Å². The third-order valence-electron chi connectivity index (χ3n) is 6.35. The number of hydrogen-bond donors (Lipinski definition) is 0. The van der Waals surface area contributed by atoms with Gasteiger partial charge in [0, 0.05) is 57.4 Å². The second kappa shape index (κ2) is 15.4. The molecular formula is C30H36N2O6S3. The van der Waals surface area contributed by atoms with Gasteiger partial charge in [-0.25, -0.2) is 0 Å². The van der Waals surface area contributed by atoms with Crippen molar-refractivity contribution < 1.29 is 28.4 Å². The van der Waals surface area contributed by atoms with E-state index in [0.29, 0.717) is 34.5 Å². The summed E-state index contributed by atoms with van der Waals surface area (Å²) in [5.74, 6) is 9.74. The summed E-state index contributed by atoms with van der Waals surface area (Å²) in [6, 6.07) is 12.0. The summed E-state index contributed by atoms with van der Waals surface area (Å²) < 4.78 is 33.1. The zero-order valence-corrected chi connectivity index (χ0v) is 26.7. The molecule has 0 aliphatic heterocycles. The Hall–Kier alpha value is -2.89. The Balaban J connectivity index is 1.20. The summed E-state index contributed by atoms with van der Waals surface area (Å²) in [5, 5.41) is 1.82. The van der Waals surface area contributed by atoms with Gasteiger partial charge in [0.15, 0.2) is 23.0 Å². The van der Waals surface area contributed by atoms with E-state index in [2.05, 4.69) is 12.1 Å². The summed E-state index contributed by atoms with van der Waals surface area (Å²) in [6.07, 6.45) is 0. The highest BCUT2D eigenvalue weighted by Crippen LogP contribution is 2.44. The maximum absolute atomic E-state index is 5.58. The van der Waals surface area contributed by atoms with Gasteiger partial charge in [0.2, 0.25) is 11.5 Å². The van der Waals surface area contributed by atoms with E-state index in [1.165, 1.54) is 0 Å². The molecule has 2 aromatic carbocycles. The van der Waals surface area contributed by atoms with Gasteiger partial charge in [0.25, 0.3) is 0 Å². The Morgan fingerprint density at radius 2 is 0.878 bits per heavy atom. The van der Waals surface area contributed by atoms with Crippen molar-refractivity contribution >= 4 is 57.1 Å². The summed E-state index contributed by atoms with van der Waals surface area (Å²) in [6.45, 7) is 0. The van der Waals surface area contributed by atoms with E-state index in [-0.39, 0.29) is 0 Å². The van der Waals surface area contributed by atoms with E-state index in [1.807, 2.05) is 59.6 Å². The maximum atomic E-state index is 5.58. The molecule has 0 saturated heterocycles. The first-order valence-corrected chi connectivity index (χ1v) is 16.4. The van der Waals surface area contributed by atoms with Crippen LogP contribution in [0.2, 0.25) is 0 Å². The van der Waals surface area contributed by atoms with Crippen molar-refractivity contribution in [2.45, 2.75) is 11.5 Å². The number of fused-ring (bicyclic) bond motifs is 2. The molecule has 0 aliphatic carbocycles. The third kappa shape index (κ3) is 7.31. The van der Waals surface area contributed by atoms with Crippen molar-refractivity contribution in [2.24, 2.45) is 0 Å². The first-order valence-electron chi connectivity index (χ1n) is 13.0. The Kier molecular flexibility index (Phi) is 11.6. The van der Waals surface area contributed by atoms with Gasteiger partial charge in [-0.15, -0.1) is 0 Å². The van der Waals surface area contributed by atoms with Gasteiger partial charge < -0.3 is 28.4 Å². The number of thioether (sulfide) groups is 3. The average Bonchev–Trinajstić information content (AvgIpc) is 3.01. The molecule has 0 spiro atoms. The molecule has 0 saturated carbocycles. The molecule has 2 aromatic heterocycles. The minimum Gasteiger partial charge on any atom is -0.493 e. The van der Waals surface area contributed by atoms with Gasteiger partial charge in [-0.05, 0) is 24.3 Å². The number of hydrogen-bond acceptors (Lipinski definition) is 11. The SMILES string of the molecule is COc1cc2nc(CSCCSCCSCc3ccc4c(OC)c(OC)c(OC)cc4n3)ccc2c(OC)c1OC. The average molecular weight is 617 g/mol. The van der Waals surface area contributed by atoms with E-state index in [0.717, 1.165) is 67.7 Å². The second-order valence-corrected chi connectivity index (χ2v) is 12.2. The number of rotatable bonds is 16. The first-order chi connectivity index (χ1) is 20.1. The van der Waals surface area contributed by atoms with E-state index in [9.17, 15) is 0 Å². The van der Waals surface area contributed by atoms with Crippen molar-refractivity contribution in [3.63, 3.8) is 0 Å². The van der Waals surface area contributed by atoms with Crippen molar-refractivity contribution in [3.05, 3.63) is 47.8 Å². The van der Waals surface area contributed by atoms with Crippen LogP contribution in [0.3, 0.4) is 0 Å².